The van der Waals surface area contributed by atoms with Gasteiger partial charge in [0.05, 0.1) is 11.6 Å². The fourth-order valence-electron chi connectivity index (χ4n) is 2.17. The molecule has 0 aliphatic heterocycles. The van der Waals surface area contributed by atoms with Crippen LogP contribution in [0.3, 0.4) is 0 Å². The third kappa shape index (κ3) is 4.09. The van der Waals surface area contributed by atoms with Crippen molar-refractivity contribution in [1.82, 2.24) is 5.32 Å². The average molecular weight is 334 g/mol. The van der Waals surface area contributed by atoms with Gasteiger partial charge in [0.25, 0.3) is 0 Å². The maximum atomic E-state index is 5.23. The topological polar surface area (TPSA) is 21.3 Å². The van der Waals surface area contributed by atoms with Crippen molar-refractivity contribution in [3.8, 4) is 5.75 Å². The Bertz CT molecular complexity index is 569. The van der Waals surface area contributed by atoms with Crippen molar-refractivity contribution in [2.24, 2.45) is 0 Å². The molecule has 2 aromatic carbocycles. The highest BCUT2D eigenvalue weighted by atomic mass is 79.9. The van der Waals surface area contributed by atoms with E-state index in [1.165, 1.54) is 16.7 Å². The standard InChI is InChI=1S/C17H20BrNO/c1-13-5-3-4-6-15(13)9-10-19-12-14-7-8-17(20-2)16(18)11-14/h3-8,11,19H,9-10,12H2,1-2H3. The quantitative estimate of drug-likeness (QED) is 0.803. The molecule has 20 heavy (non-hydrogen) atoms. The molecule has 0 atom stereocenters. The summed E-state index contributed by atoms with van der Waals surface area (Å²) in [6.45, 7) is 4.01. The zero-order valence-corrected chi connectivity index (χ0v) is 13.5. The number of hydrogen-bond acceptors (Lipinski definition) is 2. The molecular formula is C17H20BrNO. The van der Waals surface area contributed by atoms with Gasteiger partial charge < -0.3 is 10.1 Å². The van der Waals surface area contributed by atoms with Crippen LogP contribution in [0.1, 0.15) is 16.7 Å². The van der Waals surface area contributed by atoms with Gasteiger partial charge in [-0.3, -0.25) is 0 Å². The molecule has 1 N–H and O–H groups in total. The lowest BCUT2D eigenvalue weighted by atomic mass is 10.1. The summed E-state index contributed by atoms with van der Waals surface area (Å²) in [5.74, 6) is 0.869. The number of aryl methyl sites for hydroxylation is 1. The van der Waals surface area contributed by atoms with Crippen LogP contribution in [0.5, 0.6) is 5.75 Å². The summed E-state index contributed by atoms with van der Waals surface area (Å²) in [5.41, 5.74) is 4.03. The van der Waals surface area contributed by atoms with E-state index in [0.717, 1.165) is 29.7 Å². The van der Waals surface area contributed by atoms with E-state index in [1.807, 2.05) is 6.07 Å². The van der Waals surface area contributed by atoms with E-state index in [0.29, 0.717) is 0 Å². The Balaban J connectivity index is 1.82. The molecule has 2 aromatic rings. The second-order valence-electron chi connectivity index (χ2n) is 4.82. The first-order valence-corrected chi connectivity index (χ1v) is 7.57. The van der Waals surface area contributed by atoms with Gasteiger partial charge in [-0.1, -0.05) is 30.3 Å². The lowest BCUT2D eigenvalue weighted by molar-refractivity contribution is 0.412. The minimum atomic E-state index is 0.869. The highest BCUT2D eigenvalue weighted by molar-refractivity contribution is 9.10. The zero-order valence-electron chi connectivity index (χ0n) is 11.9. The number of nitrogens with one attached hydrogen (secondary N) is 1. The molecule has 0 aromatic heterocycles. The second kappa shape index (κ2) is 7.46. The van der Waals surface area contributed by atoms with Crippen molar-refractivity contribution in [2.75, 3.05) is 13.7 Å². The minimum absolute atomic E-state index is 0.869. The van der Waals surface area contributed by atoms with Gasteiger partial charge >= 0.3 is 0 Å². The third-order valence-corrected chi connectivity index (χ3v) is 4.00. The molecule has 0 spiro atoms. The third-order valence-electron chi connectivity index (χ3n) is 3.38. The van der Waals surface area contributed by atoms with E-state index >= 15 is 0 Å². The Kier molecular flexibility index (Phi) is 5.62. The average Bonchev–Trinajstić information content (AvgIpc) is 2.45. The highest BCUT2D eigenvalue weighted by Gasteiger charge is 2.01. The van der Waals surface area contributed by atoms with Gasteiger partial charge in [0, 0.05) is 6.54 Å². The molecule has 2 nitrogen and oxygen atoms in total. The number of benzene rings is 2. The van der Waals surface area contributed by atoms with Crippen molar-refractivity contribution in [3.63, 3.8) is 0 Å². The fourth-order valence-corrected chi connectivity index (χ4v) is 2.75. The van der Waals surface area contributed by atoms with E-state index in [1.54, 1.807) is 7.11 Å². The highest BCUT2D eigenvalue weighted by Crippen LogP contribution is 2.25. The second-order valence-corrected chi connectivity index (χ2v) is 5.68. The monoisotopic (exact) mass is 333 g/mol. The Morgan fingerprint density at radius 3 is 2.65 bits per heavy atom. The molecule has 0 bridgehead atoms. The Hall–Kier alpha value is -1.32. The maximum Gasteiger partial charge on any atom is 0.133 e. The van der Waals surface area contributed by atoms with Crippen molar-refractivity contribution in [1.29, 1.82) is 0 Å². The normalized spacial score (nSPS) is 10.6. The molecule has 0 heterocycles. The lowest BCUT2D eigenvalue weighted by Crippen LogP contribution is -2.17. The molecule has 106 valence electrons. The van der Waals surface area contributed by atoms with Gasteiger partial charge in [-0.25, -0.2) is 0 Å². The van der Waals surface area contributed by atoms with E-state index in [9.17, 15) is 0 Å². The molecular weight excluding hydrogens is 314 g/mol. The molecule has 2 rings (SSSR count). The first-order valence-electron chi connectivity index (χ1n) is 6.78. The summed E-state index contributed by atoms with van der Waals surface area (Å²) in [6.07, 6.45) is 1.06. The predicted molar refractivity (Wildman–Crippen MR) is 87.3 cm³/mol. The van der Waals surface area contributed by atoms with Gasteiger partial charge in [-0.15, -0.1) is 0 Å². The van der Waals surface area contributed by atoms with Gasteiger partial charge in [-0.2, -0.15) is 0 Å². The summed E-state index contributed by atoms with van der Waals surface area (Å²) < 4.78 is 6.23. The molecule has 0 aliphatic rings. The number of rotatable bonds is 6. The van der Waals surface area contributed by atoms with Crippen LogP contribution in [-0.2, 0) is 13.0 Å². The van der Waals surface area contributed by atoms with Crippen molar-refractivity contribution >= 4 is 15.9 Å². The number of hydrogen-bond donors (Lipinski definition) is 1. The van der Waals surface area contributed by atoms with Crippen LogP contribution in [0.2, 0.25) is 0 Å². The van der Waals surface area contributed by atoms with Gasteiger partial charge in [-0.05, 0) is 64.6 Å². The van der Waals surface area contributed by atoms with Crippen LogP contribution in [0.4, 0.5) is 0 Å². The summed E-state index contributed by atoms with van der Waals surface area (Å²) in [4.78, 5) is 0. The summed E-state index contributed by atoms with van der Waals surface area (Å²) in [5, 5.41) is 3.48. The Morgan fingerprint density at radius 2 is 1.95 bits per heavy atom. The van der Waals surface area contributed by atoms with Gasteiger partial charge in [0.15, 0.2) is 0 Å². The van der Waals surface area contributed by atoms with Crippen LogP contribution >= 0.6 is 15.9 Å². The molecule has 0 saturated carbocycles. The SMILES string of the molecule is COc1ccc(CNCCc2ccccc2C)cc1Br. The molecule has 0 fully saturated rings. The first kappa shape index (κ1) is 15.1. The minimum Gasteiger partial charge on any atom is -0.496 e. The number of halogens is 1. The van der Waals surface area contributed by atoms with E-state index < -0.39 is 0 Å². The molecule has 0 radical (unpaired) electrons. The maximum absolute atomic E-state index is 5.23. The summed E-state index contributed by atoms with van der Waals surface area (Å²) in [7, 11) is 1.68. The largest absolute Gasteiger partial charge is 0.496 e. The fraction of sp³-hybridized carbons (Fsp3) is 0.294. The first-order chi connectivity index (χ1) is 9.70. The molecule has 0 saturated heterocycles. The van der Waals surface area contributed by atoms with Crippen molar-refractivity contribution in [3.05, 3.63) is 63.6 Å². The van der Waals surface area contributed by atoms with E-state index in [2.05, 4.69) is 64.6 Å². The lowest BCUT2D eigenvalue weighted by Gasteiger charge is -2.09. The Labute approximate surface area is 129 Å². The number of ether oxygens (including phenoxy) is 1. The van der Waals surface area contributed by atoms with Crippen LogP contribution in [0, 0.1) is 6.92 Å². The van der Waals surface area contributed by atoms with Crippen LogP contribution in [0.15, 0.2) is 46.9 Å². The molecule has 0 amide bonds. The zero-order chi connectivity index (χ0) is 14.4. The smallest absolute Gasteiger partial charge is 0.133 e. The van der Waals surface area contributed by atoms with Crippen molar-refractivity contribution in [2.45, 2.75) is 19.9 Å². The molecule has 3 heteroatoms. The number of methoxy groups -OCH3 is 1. The predicted octanol–water partition coefficient (Wildman–Crippen LogP) is 4.10. The van der Waals surface area contributed by atoms with Crippen LogP contribution in [-0.4, -0.2) is 13.7 Å². The summed E-state index contributed by atoms with van der Waals surface area (Å²) in [6, 6.07) is 14.7. The van der Waals surface area contributed by atoms with Crippen LogP contribution in [0.25, 0.3) is 0 Å². The van der Waals surface area contributed by atoms with E-state index in [4.69, 9.17) is 4.74 Å². The molecule has 0 unspecified atom stereocenters. The molecule has 0 aliphatic carbocycles. The summed E-state index contributed by atoms with van der Waals surface area (Å²) >= 11 is 3.51. The van der Waals surface area contributed by atoms with Crippen LogP contribution < -0.4 is 10.1 Å². The van der Waals surface area contributed by atoms with Crippen molar-refractivity contribution < 1.29 is 4.74 Å². The van der Waals surface area contributed by atoms with E-state index in [-0.39, 0.29) is 0 Å². The van der Waals surface area contributed by atoms with Gasteiger partial charge in [0.2, 0.25) is 0 Å². The van der Waals surface area contributed by atoms with Gasteiger partial charge in [0.1, 0.15) is 5.75 Å². The Morgan fingerprint density at radius 1 is 1.15 bits per heavy atom.